The summed E-state index contributed by atoms with van der Waals surface area (Å²) < 4.78 is 55.5. The lowest BCUT2D eigenvalue weighted by Crippen LogP contribution is -2.28. The Kier molecular flexibility index (Phi) is 4.74. The fourth-order valence-electron chi connectivity index (χ4n) is 1.37. The molecule has 0 aliphatic rings. The van der Waals surface area contributed by atoms with Crippen LogP contribution in [-0.2, 0) is 15.7 Å². The number of ether oxygens (including phenoxy) is 1. The van der Waals surface area contributed by atoms with Crippen molar-refractivity contribution in [3.05, 3.63) is 29.6 Å². The Labute approximate surface area is 107 Å². The van der Waals surface area contributed by atoms with Crippen LogP contribution in [0.4, 0.5) is 23.2 Å². The molecule has 1 unspecified atom stereocenters. The van der Waals surface area contributed by atoms with Gasteiger partial charge in [-0.2, -0.15) is 13.2 Å². The molecule has 0 bridgehead atoms. The molecule has 1 aromatic rings. The lowest BCUT2D eigenvalue weighted by Gasteiger charge is -2.16. The number of alkyl halides is 3. The molecule has 0 spiro atoms. The van der Waals surface area contributed by atoms with Crippen LogP contribution in [0.5, 0.6) is 0 Å². The normalized spacial score (nSPS) is 12.9. The zero-order valence-corrected chi connectivity index (χ0v) is 10.3. The molecule has 106 valence electrons. The van der Waals surface area contributed by atoms with E-state index in [0.717, 1.165) is 0 Å². The van der Waals surface area contributed by atoms with E-state index in [9.17, 15) is 22.4 Å². The van der Waals surface area contributed by atoms with Gasteiger partial charge in [0.05, 0.1) is 17.9 Å². The van der Waals surface area contributed by atoms with Gasteiger partial charge in [-0.15, -0.1) is 0 Å². The number of halogens is 4. The molecule has 7 heteroatoms. The second kappa shape index (κ2) is 5.90. The van der Waals surface area contributed by atoms with Crippen molar-refractivity contribution in [2.24, 2.45) is 0 Å². The van der Waals surface area contributed by atoms with E-state index in [1.165, 1.54) is 6.92 Å². The molecule has 0 radical (unpaired) electrons. The van der Waals surface area contributed by atoms with Crippen molar-refractivity contribution < 1.29 is 27.1 Å². The van der Waals surface area contributed by atoms with Gasteiger partial charge in [0.25, 0.3) is 0 Å². The number of nitrogens with one attached hydrogen (secondary N) is 1. The average molecular weight is 279 g/mol. The molecule has 3 nitrogen and oxygen atoms in total. The summed E-state index contributed by atoms with van der Waals surface area (Å²) in [6, 6.07) is 1.00. The van der Waals surface area contributed by atoms with E-state index < -0.39 is 35.3 Å². The highest BCUT2D eigenvalue weighted by atomic mass is 19.4. The molecule has 0 saturated carbocycles. The molecule has 1 aromatic carbocycles. The Morgan fingerprint density at radius 2 is 2.05 bits per heavy atom. The van der Waals surface area contributed by atoms with Gasteiger partial charge in [-0.3, -0.25) is 0 Å². The van der Waals surface area contributed by atoms with Gasteiger partial charge in [0.1, 0.15) is 11.9 Å². The number of hydrogen-bond acceptors (Lipinski definition) is 3. The van der Waals surface area contributed by atoms with Crippen LogP contribution >= 0.6 is 0 Å². The Balaban J connectivity index is 2.91. The second-order valence-corrected chi connectivity index (χ2v) is 3.81. The number of benzene rings is 1. The van der Waals surface area contributed by atoms with Crippen molar-refractivity contribution in [2.45, 2.75) is 26.1 Å². The third-order valence-electron chi connectivity index (χ3n) is 2.31. The molecule has 1 rings (SSSR count). The predicted octanol–water partition coefficient (Wildman–Crippen LogP) is 3.21. The standard InChI is InChI=1S/C12H13F4NO2/c1-3-19-11(18)7(2)17-10-6-8(12(14,15)16)4-5-9(10)13/h4-7,17H,3H2,1-2H3. The third-order valence-corrected chi connectivity index (χ3v) is 2.31. The Morgan fingerprint density at radius 1 is 1.42 bits per heavy atom. The van der Waals surface area contributed by atoms with Crippen LogP contribution in [0.3, 0.4) is 0 Å². The highest BCUT2D eigenvalue weighted by Crippen LogP contribution is 2.31. The molecule has 0 saturated heterocycles. The first-order chi connectivity index (χ1) is 8.75. The lowest BCUT2D eigenvalue weighted by molar-refractivity contribution is -0.143. The van der Waals surface area contributed by atoms with Crippen molar-refractivity contribution in [1.82, 2.24) is 0 Å². The minimum Gasteiger partial charge on any atom is -0.464 e. The fourth-order valence-corrected chi connectivity index (χ4v) is 1.37. The summed E-state index contributed by atoms with van der Waals surface area (Å²) in [4.78, 5) is 11.3. The van der Waals surface area contributed by atoms with Crippen molar-refractivity contribution in [1.29, 1.82) is 0 Å². The smallest absolute Gasteiger partial charge is 0.416 e. The van der Waals surface area contributed by atoms with Crippen molar-refractivity contribution in [2.75, 3.05) is 11.9 Å². The van der Waals surface area contributed by atoms with E-state index in [1.54, 1.807) is 6.92 Å². The third kappa shape index (κ3) is 4.11. The molecule has 0 heterocycles. The summed E-state index contributed by atoms with van der Waals surface area (Å²) in [5.41, 5.74) is -1.39. The molecule has 1 N–H and O–H groups in total. The average Bonchev–Trinajstić information content (AvgIpc) is 2.30. The first-order valence-electron chi connectivity index (χ1n) is 5.55. The van der Waals surface area contributed by atoms with Crippen LogP contribution in [-0.4, -0.2) is 18.6 Å². The van der Waals surface area contributed by atoms with Crippen LogP contribution in [0.2, 0.25) is 0 Å². The largest absolute Gasteiger partial charge is 0.464 e. The SMILES string of the molecule is CCOC(=O)C(C)Nc1cc(C(F)(F)F)ccc1F. The number of anilines is 1. The van der Waals surface area contributed by atoms with Gasteiger partial charge in [0.15, 0.2) is 0 Å². The zero-order valence-electron chi connectivity index (χ0n) is 10.3. The topological polar surface area (TPSA) is 38.3 Å². The van der Waals surface area contributed by atoms with E-state index in [-0.39, 0.29) is 6.61 Å². The second-order valence-electron chi connectivity index (χ2n) is 3.81. The zero-order chi connectivity index (χ0) is 14.6. The molecule has 19 heavy (non-hydrogen) atoms. The molecule has 0 fully saturated rings. The van der Waals surface area contributed by atoms with Crippen LogP contribution in [0.15, 0.2) is 18.2 Å². The lowest BCUT2D eigenvalue weighted by atomic mass is 10.1. The molecule has 0 amide bonds. The highest BCUT2D eigenvalue weighted by molar-refractivity contribution is 5.78. The molecule has 0 aliphatic heterocycles. The summed E-state index contributed by atoms with van der Waals surface area (Å²) in [5.74, 6) is -1.54. The molecular formula is C12H13F4NO2. The maximum absolute atomic E-state index is 13.4. The monoisotopic (exact) mass is 279 g/mol. The number of hydrogen-bond donors (Lipinski definition) is 1. The van der Waals surface area contributed by atoms with Gasteiger partial charge in [0.2, 0.25) is 0 Å². The number of esters is 1. The molecular weight excluding hydrogens is 266 g/mol. The van der Waals surface area contributed by atoms with Gasteiger partial charge in [0, 0.05) is 0 Å². The van der Waals surface area contributed by atoms with Gasteiger partial charge >= 0.3 is 12.1 Å². The summed E-state index contributed by atoms with van der Waals surface area (Å²) in [6.45, 7) is 3.10. The van der Waals surface area contributed by atoms with E-state index in [0.29, 0.717) is 18.2 Å². The predicted molar refractivity (Wildman–Crippen MR) is 61.1 cm³/mol. The molecule has 1 atom stereocenters. The van der Waals surface area contributed by atoms with E-state index >= 15 is 0 Å². The van der Waals surface area contributed by atoms with E-state index in [4.69, 9.17) is 0 Å². The van der Waals surface area contributed by atoms with Crippen LogP contribution in [0.25, 0.3) is 0 Å². The first kappa shape index (κ1) is 15.3. The summed E-state index contributed by atoms with van der Waals surface area (Å²) >= 11 is 0. The van der Waals surface area contributed by atoms with Crippen molar-refractivity contribution in [3.8, 4) is 0 Å². The van der Waals surface area contributed by atoms with Crippen molar-refractivity contribution in [3.63, 3.8) is 0 Å². The summed E-state index contributed by atoms with van der Waals surface area (Å²) in [5, 5.41) is 2.36. The molecule has 0 aliphatic carbocycles. The first-order valence-corrected chi connectivity index (χ1v) is 5.55. The van der Waals surface area contributed by atoms with E-state index in [2.05, 4.69) is 10.1 Å². The summed E-state index contributed by atoms with van der Waals surface area (Å²) in [6.07, 6.45) is -4.57. The Bertz CT molecular complexity index is 460. The maximum atomic E-state index is 13.4. The van der Waals surface area contributed by atoms with E-state index in [1.807, 2.05) is 0 Å². The minimum absolute atomic E-state index is 0.135. The van der Waals surface area contributed by atoms with Crippen molar-refractivity contribution >= 4 is 11.7 Å². The Hall–Kier alpha value is -1.79. The highest BCUT2D eigenvalue weighted by Gasteiger charge is 2.31. The fraction of sp³-hybridized carbons (Fsp3) is 0.417. The molecule has 0 aromatic heterocycles. The number of rotatable bonds is 4. The van der Waals surface area contributed by atoms with Gasteiger partial charge < -0.3 is 10.1 Å². The maximum Gasteiger partial charge on any atom is 0.416 e. The number of carbonyl (C=O) groups is 1. The van der Waals surface area contributed by atoms with Gasteiger partial charge in [-0.05, 0) is 32.0 Å². The van der Waals surface area contributed by atoms with Gasteiger partial charge in [-0.25, -0.2) is 9.18 Å². The van der Waals surface area contributed by atoms with Crippen LogP contribution < -0.4 is 5.32 Å². The van der Waals surface area contributed by atoms with Gasteiger partial charge in [-0.1, -0.05) is 0 Å². The Morgan fingerprint density at radius 3 is 2.58 bits per heavy atom. The quantitative estimate of drug-likeness (QED) is 0.679. The number of carbonyl (C=O) groups excluding carboxylic acids is 1. The minimum atomic E-state index is -4.57. The summed E-state index contributed by atoms with van der Waals surface area (Å²) in [7, 11) is 0. The van der Waals surface area contributed by atoms with Crippen LogP contribution in [0, 0.1) is 5.82 Å². The van der Waals surface area contributed by atoms with Crippen LogP contribution in [0.1, 0.15) is 19.4 Å².